The fraction of sp³-hybridized carbons (Fsp3) is 0.222. The van der Waals surface area contributed by atoms with Crippen LogP contribution >= 0.6 is 0 Å². The molecule has 0 fully saturated rings. The molecule has 0 unspecified atom stereocenters. The minimum absolute atomic E-state index is 0.522. The van der Waals surface area contributed by atoms with Crippen molar-refractivity contribution in [2.45, 2.75) is 6.92 Å². The Kier molecular flexibility index (Phi) is 2.54. The van der Waals surface area contributed by atoms with Gasteiger partial charge in [-0.05, 0) is 19.1 Å². The number of nitrogens with zero attached hydrogens (tertiary/aromatic N) is 1. The minimum atomic E-state index is 0.522. The van der Waals surface area contributed by atoms with Crippen LogP contribution in [0.15, 0.2) is 18.2 Å². The number of anilines is 2. The van der Waals surface area contributed by atoms with E-state index in [-0.39, 0.29) is 0 Å². The van der Waals surface area contributed by atoms with Crippen LogP contribution in [0.4, 0.5) is 11.4 Å². The van der Waals surface area contributed by atoms with E-state index in [1.807, 2.05) is 25.1 Å². The first kappa shape index (κ1) is 8.41. The average molecular weight is 161 g/mol. The van der Waals surface area contributed by atoms with Gasteiger partial charge in [0, 0.05) is 6.54 Å². The molecule has 1 rings (SSSR count). The summed E-state index contributed by atoms with van der Waals surface area (Å²) in [6.45, 7) is 2.79. The van der Waals surface area contributed by atoms with Crippen LogP contribution in [-0.4, -0.2) is 6.54 Å². The summed E-state index contributed by atoms with van der Waals surface area (Å²) in [4.78, 5) is 0. The van der Waals surface area contributed by atoms with Crippen LogP contribution in [0.3, 0.4) is 0 Å². The maximum absolute atomic E-state index is 8.65. The Labute approximate surface area is 71.8 Å². The molecule has 0 aromatic heterocycles. The zero-order chi connectivity index (χ0) is 8.97. The molecule has 12 heavy (non-hydrogen) atoms. The van der Waals surface area contributed by atoms with Gasteiger partial charge in [0.25, 0.3) is 0 Å². The molecule has 0 amide bonds. The number of benzene rings is 1. The highest BCUT2D eigenvalue weighted by molar-refractivity contribution is 5.72. The van der Waals surface area contributed by atoms with Crippen molar-refractivity contribution < 1.29 is 0 Å². The van der Waals surface area contributed by atoms with Crippen LogP contribution in [0.2, 0.25) is 0 Å². The second-order valence-electron chi connectivity index (χ2n) is 2.41. The lowest BCUT2D eigenvalue weighted by atomic mass is 10.1. The third kappa shape index (κ3) is 1.48. The van der Waals surface area contributed by atoms with E-state index in [0.29, 0.717) is 11.3 Å². The molecule has 0 heterocycles. The lowest BCUT2D eigenvalue weighted by Gasteiger charge is -2.06. The molecular formula is C9H11N3. The van der Waals surface area contributed by atoms with Crippen LogP contribution < -0.4 is 11.1 Å². The van der Waals surface area contributed by atoms with E-state index in [1.54, 1.807) is 6.07 Å². The molecule has 0 aliphatic heterocycles. The van der Waals surface area contributed by atoms with Crippen molar-refractivity contribution in [3.05, 3.63) is 23.8 Å². The van der Waals surface area contributed by atoms with Gasteiger partial charge in [-0.3, -0.25) is 0 Å². The standard InChI is InChI=1S/C9H11N3/c1-2-12-8-5-3-4-7(6-10)9(8)11/h3-5,12H,2,11H2,1H3. The molecule has 0 atom stereocenters. The second-order valence-corrected chi connectivity index (χ2v) is 2.41. The maximum Gasteiger partial charge on any atom is 0.101 e. The zero-order valence-corrected chi connectivity index (χ0v) is 6.96. The molecular weight excluding hydrogens is 150 g/mol. The molecule has 0 aliphatic carbocycles. The van der Waals surface area contributed by atoms with E-state index in [1.165, 1.54) is 0 Å². The Morgan fingerprint density at radius 1 is 1.58 bits per heavy atom. The SMILES string of the molecule is CCNc1cccc(C#N)c1N. The van der Waals surface area contributed by atoms with E-state index in [2.05, 4.69) is 5.32 Å². The summed E-state index contributed by atoms with van der Waals surface area (Å²) in [6, 6.07) is 7.41. The van der Waals surface area contributed by atoms with Gasteiger partial charge in [0.1, 0.15) is 6.07 Å². The lowest BCUT2D eigenvalue weighted by molar-refractivity contribution is 1.21. The molecule has 0 saturated heterocycles. The molecule has 62 valence electrons. The fourth-order valence-corrected chi connectivity index (χ4v) is 1.01. The highest BCUT2D eigenvalue weighted by atomic mass is 14.9. The Hall–Kier alpha value is -1.69. The number of nitrogens with two attached hydrogens (primary N) is 1. The highest BCUT2D eigenvalue weighted by Crippen LogP contribution is 2.21. The molecule has 0 spiro atoms. The third-order valence-corrected chi connectivity index (χ3v) is 1.59. The predicted molar refractivity (Wildman–Crippen MR) is 49.7 cm³/mol. The summed E-state index contributed by atoms with van der Waals surface area (Å²) in [5.74, 6) is 0. The molecule has 0 radical (unpaired) electrons. The predicted octanol–water partition coefficient (Wildman–Crippen LogP) is 1.57. The summed E-state index contributed by atoms with van der Waals surface area (Å²) in [7, 11) is 0. The van der Waals surface area contributed by atoms with Crippen molar-refractivity contribution in [3.8, 4) is 6.07 Å². The van der Waals surface area contributed by atoms with E-state index in [4.69, 9.17) is 11.0 Å². The van der Waals surface area contributed by atoms with Crippen molar-refractivity contribution in [1.82, 2.24) is 0 Å². The van der Waals surface area contributed by atoms with Crippen molar-refractivity contribution in [2.75, 3.05) is 17.6 Å². The van der Waals surface area contributed by atoms with Gasteiger partial charge in [0.05, 0.1) is 16.9 Å². The summed E-state index contributed by atoms with van der Waals surface area (Å²) >= 11 is 0. The van der Waals surface area contributed by atoms with Gasteiger partial charge < -0.3 is 11.1 Å². The van der Waals surface area contributed by atoms with E-state index in [0.717, 1.165) is 12.2 Å². The summed E-state index contributed by atoms with van der Waals surface area (Å²) < 4.78 is 0. The number of nitrogen functional groups attached to an aromatic ring is 1. The molecule has 0 saturated carbocycles. The van der Waals surface area contributed by atoms with Gasteiger partial charge in [-0.25, -0.2) is 0 Å². The molecule has 1 aromatic rings. The van der Waals surface area contributed by atoms with Crippen LogP contribution in [0.25, 0.3) is 0 Å². The third-order valence-electron chi connectivity index (χ3n) is 1.59. The first-order chi connectivity index (χ1) is 5.79. The molecule has 3 heteroatoms. The highest BCUT2D eigenvalue weighted by Gasteiger charge is 2.01. The minimum Gasteiger partial charge on any atom is -0.396 e. The van der Waals surface area contributed by atoms with E-state index in [9.17, 15) is 0 Å². The van der Waals surface area contributed by atoms with Gasteiger partial charge in [-0.1, -0.05) is 6.07 Å². The van der Waals surface area contributed by atoms with Gasteiger partial charge in [-0.2, -0.15) is 5.26 Å². The number of nitrogens with one attached hydrogen (secondary N) is 1. The van der Waals surface area contributed by atoms with Crippen LogP contribution in [0.1, 0.15) is 12.5 Å². The fourth-order valence-electron chi connectivity index (χ4n) is 1.01. The largest absolute Gasteiger partial charge is 0.396 e. The molecule has 0 bridgehead atoms. The Morgan fingerprint density at radius 3 is 2.92 bits per heavy atom. The van der Waals surface area contributed by atoms with E-state index < -0.39 is 0 Å². The first-order valence-electron chi connectivity index (χ1n) is 3.82. The van der Waals surface area contributed by atoms with Crippen molar-refractivity contribution in [2.24, 2.45) is 0 Å². The van der Waals surface area contributed by atoms with Gasteiger partial charge in [0.15, 0.2) is 0 Å². The Bertz CT molecular complexity index is 312. The molecule has 0 aliphatic rings. The second kappa shape index (κ2) is 3.63. The Balaban J connectivity index is 3.07. The van der Waals surface area contributed by atoms with Crippen LogP contribution in [-0.2, 0) is 0 Å². The maximum atomic E-state index is 8.65. The van der Waals surface area contributed by atoms with Crippen molar-refractivity contribution in [1.29, 1.82) is 5.26 Å². The van der Waals surface area contributed by atoms with E-state index >= 15 is 0 Å². The van der Waals surface area contributed by atoms with Crippen molar-refractivity contribution >= 4 is 11.4 Å². The number of para-hydroxylation sites is 1. The van der Waals surface area contributed by atoms with Gasteiger partial charge in [-0.15, -0.1) is 0 Å². The summed E-state index contributed by atoms with van der Waals surface area (Å²) in [5.41, 5.74) is 7.58. The number of rotatable bonds is 2. The van der Waals surface area contributed by atoms with Crippen LogP contribution in [0.5, 0.6) is 0 Å². The topological polar surface area (TPSA) is 61.8 Å². The summed E-state index contributed by atoms with van der Waals surface area (Å²) in [5, 5.41) is 11.7. The normalized spacial score (nSPS) is 9.00. The number of hydrogen-bond donors (Lipinski definition) is 2. The lowest BCUT2D eigenvalue weighted by Crippen LogP contribution is -2.02. The number of hydrogen-bond acceptors (Lipinski definition) is 3. The molecule has 3 nitrogen and oxygen atoms in total. The monoisotopic (exact) mass is 161 g/mol. The molecule has 3 N–H and O–H groups in total. The summed E-state index contributed by atoms with van der Waals surface area (Å²) in [6.07, 6.45) is 0. The zero-order valence-electron chi connectivity index (χ0n) is 6.96. The van der Waals surface area contributed by atoms with Crippen molar-refractivity contribution in [3.63, 3.8) is 0 Å². The number of nitriles is 1. The van der Waals surface area contributed by atoms with Gasteiger partial charge >= 0.3 is 0 Å². The Morgan fingerprint density at radius 2 is 2.33 bits per heavy atom. The quantitative estimate of drug-likeness (QED) is 0.647. The van der Waals surface area contributed by atoms with Crippen LogP contribution in [0, 0.1) is 11.3 Å². The molecule has 1 aromatic carbocycles. The average Bonchev–Trinajstić information content (AvgIpc) is 2.09. The smallest absolute Gasteiger partial charge is 0.101 e. The van der Waals surface area contributed by atoms with Gasteiger partial charge in [0.2, 0.25) is 0 Å². The first-order valence-corrected chi connectivity index (χ1v) is 3.82.